The SMILES string of the molecule is CNC(CCC(C)I)C(C)c1ncc(C)n1C. The molecule has 0 spiro atoms. The second kappa shape index (κ2) is 6.73. The lowest BCUT2D eigenvalue weighted by atomic mass is 9.96. The summed E-state index contributed by atoms with van der Waals surface area (Å²) in [5.74, 6) is 1.64. The molecular weight excluding hydrogens is 325 g/mol. The Morgan fingerprint density at radius 2 is 2.06 bits per heavy atom. The average molecular weight is 349 g/mol. The molecule has 98 valence electrons. The molecule has 4 heteroatoms. The van der Waals surface area contributed by atoms with E-state index in [4.69, 9.17) is 0 Å². The van der Waals surface area contributed by atoms with Crippen molar-refractivity contribution in [2.75, 3.05) is 7.05 Å². The number of aryl methyl sites for hydroxylation is 1. The van der Waals surface area contributed by atoms with Crippen LogP contribution in [-0.2, 0) is 7.05 Å². The molecule has 3 atom stereocenters. The predicted octanol–water partition coefficient (Wildman–Crippen LogP) is 3.02. The Morgan fingerprint density at radius 3 is 2.47 bits per heavy atom. The topological polar surface area (TPSA) is 29.9 Å². The molecule has 3 nitrogen and oxygen atoms in total. The third-order valence-electron chi connectivity index (χ3n) is 3.51. The summed E-state index contributed by atoms with van der Waals surface area (Å²) in [6, 6.07) is 0.507. The summed E-state index contributed by atoms with van der Waals surface area (Å²) in [7, 11) is 4.15. The van der Waals surface area contributed by atoms with Crippen molar-refractivity contribution in [3.05, 3.63) is 17.7 Å². The summed E-state index contributed by atoms with van der Waals surface area (Å²) < 4.78 is 2.93. The first-order valence-electron chi connectivity index (χ1n) is 6.27. The number of nitrogens with zero attached hydrogens (tertiary/aromatic N) is 2. The van der Waals surface area contributed by atoms with Gasteiger partial charge in [-0.05, 0) is 26.8 Å². The van der Waals surface area contributed by atoms with E-state index < -0.39 is 0 Å². The average Bonchev–Trinajstić information content (AvgIpc) is 2.60. The summed E-state index contributed by atoms with van der Waals surface area (Å²) in [5, 5.41) is 3.44. The number of halogens is 1. The third kappa shape index (κ3) is 3.95. The Balaban J connectivity index is 2.72. The quantitative estimate of drug-likeness (QED) is 0.632. The molecule has 1 N–H and O–H groups in total. The van der Waals surface area contributed by atoms with Crippen LogP contribution in [-0.4, -0.2) is 26.6 Å². The van der Waals surface area contributed by atoms with Gasteiger partial charge in [0.2, 0.25) is 0 Å². The van der Waals surface area contributed by atoms with Crippen LogP contribution >= 0.6 is 22.6 Å². The molecule has 0 radical (unpaired) electrons. The Kier molecular flexibility index (Phi) is 5.92. The molecule has 0 bridgehead atoms. The molecule has 0 aliphatic heterocycles. The van der Waals surface area contributed by atoms with Crippen LogP contribution < -0.4 is 5.32 Å². The normalized spacial score (nSPS) is 16.8. The van der Waals surface area contributed by atoms with Crippen LogP contribution in [0.4, 0.5) is 0 Å². The van der Waals surface area contributed by atoms with Crippen molar-refractivity contribution in [2.24, 2.45) is 7.05 Å². The first-order chi connectivity index (χ1) is 7.97. The van der Waals surface area contributed by atoms with Crippen LogP contribution in [0, 0.1) is 6.92 Å². The van der Waals surface area contributed by atoms with E-state index in [-0.39, 0.29) is 0 Å². The molecular formula is C13H24IN3. The molecule has 0 saturated heterocycles. The van der Waals surface area contributed by atoms with Crippen LogP contribution in [0.1, 0.15) is 44.1 Å². The summed E-state index contributed by atoms with van der Waals surface area (Å²) in [6.45, 7) is 6.63. The molecule has 1 aromatic rings. The second-order valence-electron chi connectivity index (χ2n) is 4.86. The van der Waals surface area contributed by atoms with Crippen LogP contribution in [0.2, 0.25) is 0 Å². The Morgan fingerprint density at radius 1 is 1.41 bits per heavy atom. The molecule has 17 heavy (non-hydrogen) atoms. The van der Waals surface area contributed by atoms with Gasteiger partial charge >= 0.3 is 0 Å². The molecule has 0 amide bonds. The molecule has 0 aliphatic carbocycles. The summed E-state index contributed by atoms with van der Waals surface area (Å²) in [6.07, 6.45) is 4.41. The number of aromatic nitrogens is 2. The maximum Gasteiger partial charge on any atom is 0.112 e. The lowest BCUT2D eigenvalue weighted by Crippen LogP contribution is -2.32. The van der Waals surface area contributed by atoms with E-state index >= 15 is 0 Å². The van der Waals surface area contributed by atoms with Crippen molar-refractivity contribution in [1.29, 1.82) is 0 Å². The van der Waals surface area contributed by atoms with Crippen LogP contribution in [0.25, 0.3) is 0 Å². The maximum absolute atomic E-state index is 4.53. The molecule has 1 aromatic heterocycles. The van der Waals surface area contributed by atoms with Gasteiger partial charge in [-0.15, -0.1) is 0 Å². The minimum Gasteiger partial charge on any atom is -0.335 e. The highest BCUT2D eigenvalue weighted by atomic mass is 127. The zero-order valence-electron chi connectivity index (χ0n) is 11.5. The maximum atomic E-state index is 4.53. The predicted molar refractivity (Wildman–Crippen MR) is 81.9 cm³/mol. The van der Waals surface area contributed by atoms with Gasteiger partial charge in [0.1, 0.15) is 5.82 Å². The molecule has 1 heterocycles. The van der Waals surface area contributed by atoms with Crippen molar-refractivity contribution in [3.63, 3.8) is 0 Å². The van der Waals surface area contributed by atoms with Crippen molar-refractivity contribution < 1.29 is 0 Å². The van der Waals surface area contributed by atoms with Gasteiger partial charge in [0, 0.05) is 34.8 Å². The minimum absolute atomic E-state index is 0.453. The van der Waals surface area contributed by atoms with E-state index in [1.54, 1.807) is 0 Å². The van der Waals surface area contributed by atoms with Crippen LogP contribution in [0.15, 0.2) is 6.20 Å². The number of likely N-dealkylation sites (N-methyl/N-ethyl adjacent to an activating group) is 1. The standard InChI is InChI=1S/C13H24IN3/c1-9(14)6-7-12(15-4)11(3)13-16-8-10(2)17(13)5/h8-9,11-12,15H,6-7H2,1-5H3. The molecule has 0 fully saturated rings. The number of hydrogen-bond donors (Lipinski definition) is 1. The van der Waals surface area contributed by atoms with Gasteiger partial charge in [-0.1, -0.05) is 36.4 Å². The highest BCUT2D eigenvalue weighted by Crippen LogP contribution is 2.22. The fraction of sp³-hybridized carbons (Fsp3) is 0.769. The number of alkyl halides is 1. The Hall–Kier alpha value is -0.100. The van der Waals surface area contributed by atoms with Gasteiger partial charge in [0.25, 0.3) is 0 Å². The number of nitrogens with one attached hydrogen (secondary N) is 1. The first-order valence-corrected chi connectivity index (χ1v) is 7.51. The fourth-order valence-corrected chi connectivity index (χ4v) is 2.53. The summed E-state index contributed by atoms with van der Waals surface area (Å²) in [4.78, 5) is 4.53. The summed E-state index contributed by atoms with van der Waals surface area (Å²) in [5.41, 5.74) is 1.23. The zero-order chi connectivity index (χ0) is 13.0. The first kappa shape index (κ1) is 15.0. The lowest BCUT2D eigenvalue weighted by Gasteiger charge is -2.24. The molecule has 0 aliphatic rings. The van der Waals surface area contributed by atoms with Crippen molar-refractivity contribution in [2.45, 2.75) is 49.5 Å². The highest BCUT2D eigenvalue weighted by molar-refractivity contribution is 14.1. The van der Waals surface area contributed by atoms with Gasteiger partial charge < -0.3 is 9.88 Å². The van der Waals surface area contributed by atoms with Crippen molar-refractivity contribution in [3.8, 4) is 0 Å². The van der Waals surface area contributed by atoms with E-state index in [9.17, 15) is 0 Å². The van der Waals surface area contributed by atoms with Crippen molar-refractivity contribution in [1.82, 2.24) is 14.9 Å². The van der Waals surface area contributed by atoms with Crippen LogP contribution in [0.3, 0.4) is 0 Å². The monoisotopic (exact) mass is 349 g/mol. The third-order valence-corrected chi connectivity index (χ3v) is 4.14. The zero-order valence-corrected chi connectivity index (χ0v) is 13.7. The largest absolute Gasteiger partial charge is 0.335 e. The molecule has 1 rings (SSSR count). The fourth-order valence-electron chi connectivity index (χ4n) is 2.17. The van der Waals surface area contributed by atoms with Gasteiger partial charge in [0.15, 0.2) is 0 Å². The molecule has 0 saturated carbocycles. The van der Waals surface area contributed by atoms with Gasteiger partial charge in [-0.2, -0.15) is 0 Å². The lowest BCUT2D eigenvalue weighted by molar-refractivity contribution is 0.425. The van der Waals surface area contributed by atoms with E-state index in [0.717, 1.165) is 3.92 Å². The summed E-state index contributed by atoms with van der Waals surface area (Å²) >= 11 is 2.49. The Bertz CT molecular complexity index is 346. The minimum atomic E-state index is 0.453. The molecule has 0 aromatic carbocycles. The van der Waals surface area contributed by atoms with E-state index in [2.05, 4.69) is 72.3 Å². The second-order valence-corrected chi connectivity index (χ2v) is 6.99. The number of imidazole rings is 1. The smallest absolute Gasteiger partial charge is 0.112 e. The van der Waals surface area contributed by atoms with Gasteiger partial charge in [-0.3, -0.25) is 0 Å². The number of hydrogen-bond acceptors (Lipinski definition) is 2. The Labute approximate surface area is 119 Å². The van der Waals surface area contributed by atoms with Crippen LogP contribution in [0.5, 0.6) is 0 Å². The molecule has 3 unspecified atom stereocenters. The number of rotatable bonds is 6. The van der Waals surface area contributed by atoms with Crippen molar-refractivity contribution >= 4 is 22.6 Å². The van der Waals surface area contributed by atoms with E-state index in [0.29, 0.717) is 12.0 Å². The van der Waals surface area contributed by atoms with E-state index in [1.807, 2.05) is 6.20 Å². The van der Waals surface area contributed by atoms with Gasteiger partial charge in [0.05, 0.1) is 0 Å². The van der Waals surface area contributed by atoms with E-state index in [1.165, 1.54) is 24.4 Å². The van der Waals surface area contributed by atoms with Gasteiger partial charge in [-0.25, -0.2) is 4.98 Å². The highest BCUT2D eigenvalue weighted by Gasteiger charge is 2.21.